The summed E-state index contributed by atoms with van der Waals surface area (Å²) < 4.78 is 28.4. The first-order chi connectivity index (χ1) is 11.6. The van der Waals surface area contributed by atoms with Crippen LogP contribution in [-0.2, 0) is 14.6 Å². The third-order valence-electron chi connectivity index (χ3n) is 3.58. The van der Waals surface area contributed by atoms with Gasteiger partial charge in [0.15, 0.2) is 15.9 Å². The number of ether oxygens (including phenoxy) is 1. The molecular weight excluding hydrogens is 364 g/mol. The number of carbonyl (C=O) groups excluding carboxylic acids is 2. The van der Waals surface area contributed by atoms with E-state index in [2.05, 4.69) is 0 Å². The lowest BCUT2D eigenvalue weighted by Gasteiger charge is -2.13. The van der Waals surface area contributed by atoms with E-state index in [4.69, 9.17) is 16.3 Å². The Hall–Kier alpha value is -2.18. The molecule has 2 rings (SSSR count). The second-order valence-corrected chi connectivity index (χ2v) is 8.11. The molecule has 0 aliphatic rings. The van der Waals surface area contributed by atoms with Gasteiger partial charge in [-0.2, -0.15) is 0 Å². The lowest BCUT2D eigenvalue weighted by molar-refractivity contribution is 0.0318. The maximum Gasteiger partial charge on any atom is 0.340 e. The average Bonchev–Trinajstić information content (AvgIpc) is 2.54. The van der Waals surface area contributed by atoms with Crippen molar-refractivity contribution >= 4 is 33.2 Å². The summed E-state index contributed by atoms with van der Waals surface area (Å²) in [6.45, 7) is 3.35. The number of ketones is 1. The first kappa shape index (κ1) is 19.1. The number of Topliss-reactive ketones (excluding diaryl/α,β-unsaturated/α-hetero) is 1. The summed E-state index contributed by atoms with van der Waals surface area (Å²) in [5.41, 5.74) is 1.32. The van der Waals surface area contributed by atoms with Crippen LogP contribution in [0.2, 0.25) is 5.02 Å². The van der Waals surface area contributed by atoms with Crippen molar-refractivity contribution in [2.24, 2.45) is 0 Å². The van der Waals surface area contributed by atoms with Crippen molar-refractivity contribution in [1.29, 1.82) is 0 Å². The van der Waals surface area contributed by atoms with Crippen LogP contribution in [-0.4, -0.2) is 32.5 Å². The summed E-state index contributed by atoms with van der Waals surface area (Å²) in [6, 6.07) is 10.6. The van der Waals surface area contributed by atoms with E-state index in [1.165, 1.54) is 19.1 Å². The Morgan fingerprint density at radius 1 is 1.08 bits per heavy atom. The monoisotopic (exact) mass is 380 g/mol. The highest BCUT2D eigenvalue weighted by Crippen LogP contribution is 2.22. The molecule has 0 saturated carbocycles. The van der Waals surface area contributed by atoms with Crippen LogP contribution < -0.4 is 0 Å². The number of aryl methyl sites for hydroxylation is 1. The summed E-state index contributed by atoms with van der Waals surface area (Å²) in [7, 11) is -3.50. The average molecular weight is 381 g/mol. The second-order valence-electron chi connectivity index (χ2n) is 5.69. The molecule has 0 aromatic heterocycles. The number of hydrogen-bond donors (Lipinski definition) is 0. The van der Waals surface area contributed by atoms with E-state index < -0.39 is 21.9 Å². The van der Waals surface area contributed by atoms with Crippen molar-refractivity contribution < 1.29 is 22.7 Å². The van der Waals surface area contributed by atoms with Gasteiger partial charge in [0.05, 0.1) is 15.5 Å². The maximum absolute atomic E-state index is 12.3. The van der Waals surface area contributed by atoms with Gasteiger partial charge >= 0.3 is 5.97 Å². The van der Waals surface area contributed by atoms with Gasteiger partial charge in [-0.3, -0.25) is 4.79 Å². The summed E-state index contributed by atoms with van der Waals surface area (Å²) in [5, 5.41) is 0.0485. The Bertz CT molecular complexity index is 917. The summed E-state index contributed by atoms with van der Waals surface area (Å²) >= 11 is 5.96. The van der Waals surface area contributed by atoms with Gasteiger partial charge in [-0.15, -0.1) is 0 Å². The number of halogens is 1. The number of sulfone groups is 1. The molecule has 0 unspecified atom stereocenters. The normalized spacial score (nSPS) is 12.5. The SMILES string of the molecule is Cc1ccc(C(=O)[C@H](C)OC(=O)c2cc(S(C)(=O)=O)ccc2Cl)cc1. The molecule has 25 heavy (non-hydrogen) atoms. The number of esters is 1. The lowest BCUT2D eigenvalue weighted by atomic mass is 10.1. The van der Waals surface area contributed by atoms with E-state index in [1.54, 1.807) is 24.3 Å². The van der Waals surface area contributed by atoms with Gasteiger partial charge in [0, 0.05) is 11.8 Å². The van der Waals surface area contributed by atoms with Gasteiger partial charge in [0.1, 0.15) is 0 Å². The summed E-state index contributed by atoms with van der Waals surface area (Å²) in [5.74, 6) is -1.22. The van der Waals surface area contributed by atoms with Crippen molar-refractivity contribution in [3.05, 3.63) is 64.2 Å². The van der Waals surface area contributed by atoms with E-state index >= 15 is 0 Å². The standard InChI is InChI=1S/C18H17ClO5S/c1-11-4-6-13(7-5-11)17(20)12(2)24-18(21)15-10-14(25(3,22)23)8-9-16(15)19/h4-10,12H,1-3H3/t12-/m0/s1. The molecule has 5 nitrogen and oxygen atoms in total. The molecule has 0 spiro atoms. The molecule has 2 aromatic carbocycles. The molecular formula is C18H17ClO5S. The Labute approximate surface area is 151 Å². The fourth-order valence-corrected chi connectivity index (χ4v) is 2.96. The number of carbonyl (C=O) groups is 2. The van der Waals surface area contributed by atoms with Gasteiger partial charge in [-0.25, -0.2) is 13.2 Å². The van der Waals surface area contributed by atoms with E-state index in [0.717, 1.165) is 17.9 Å². The Morgan fingerprint density at radius 2 is 1.68 bits per heavy atom. The molecule has 0 aliphatic heterocycles. The Balaban J connectivity index is 2.21. The minimum atomic E-state index is -3.50. The van der Waals surface area contributed by atoms with Crippen LogP contribution in [0, 0.1) is 6.92 Å². The smallest absolute Gasteiger partial charge is 0.340 e. The topological polar surface area (TPSA) is 77.5 Å². The van der Waals surface area contributed by atoms with Crippen LogP contribution in [0.5, 0.6) is 0 Å². The molecule has 0 bridgehead atoms. The molecule has 0 saturated heterocycles. The number of benzene rings is 2. The fraction of sp³-hybridized carbons (Fsp3) is 0.222. The molecule has 0 fully saturated rings. The molecule has 0 amide bonds. The van der Waals surface area contributed by atoms with Gasteiger partial charge in [-0.1, -0.05) is 41.4 Å². The molecule has 0 N–H and O–H groups in total. The summed E-state index contributed by atoms with van der Waals surface area (Å²) in [6.07, 6.45) is -0.0114. The van der Waals surface area contributed by atoms with Crippen LogP contribution in [0.15, 0.2) is 47.4 Å². The van der Waals surface area contributed by atoms with Crippen LogP contribution in [0.25, 0.3) is 0 Å². The molecule has 1 atom stereocenters. The zero-order valence-electron chi connectivity index (χ0n) is 13.9. The number of hydrogen-bond acceptors (Lipinski definition) is 5. The lowest BCUT2D eigenvalue weighted by Crippen LogP contribution is -2.24. The Morgan fingerprint density at radius 3 is 2.24 bits per heavy atom. The Kier molecular flexibility index (Phi) is 5.65. The van der Waals surface area contributed by atoms with E-state index in [0.29, 0.717) is 5.56 Å². The molecule has 0 heterocycles. The van der Waals surface area contributed by atoms with Gasteiger partial charge < -0.3 is 4.74 Å². The third-order valence-corrected chi connectivity index (χ3v) is 5.01. The first-order valence-electron chi connectivity index (χ1n) is 7.41. The van der Waals surface area contributed by atoms with Crippen molar-refractivity contribution in [2.75, 3.05) is 6.26 Å². The van der Waals surface area contributed by atoms with Gasteiger partial charge in [-0.05, 0) is 32.0 Å². The van der Waals surface area contributed by atoms with Crippen LogP contribution in [0.4, 0.5) is 0 Å². The first-order valence-corrected chi connectivity index (χ1v) is 9.68. The van der Waals surface area contributed by atoms with E-state index in [1.807, 2.05) is 6.92 Å². The highest BCUT2D eigenvalue weighted by Gasteiger charge is 2.23. The second kappa shape index (κ2) is 7.37. The van der Waals surface area contributed by atoms with E-state index in [9.17, 15) is 18.0 Å². The number of rotatable bonds is 5. The molecule has 7 heteroatoms. The highest BCUT2D eigenvalue weighted by molar-refractivity contribution is 7.90. The zero-order chi connectivity index (χ0) is 18.8. The van der Waals surface area contributed by atoms with Crippen LogP contribution in [0.1, 0.15) is 33.2 Å². The van der Waals surface area contributed by atoms with Gasteiger partial charge in [0.2, 0.25) is 5.78 Å². The molecule has 0 aliphatic carbocycles. The zero-order valence-corrected chi connectivity index (χ0v) is 15.5. The molecule has 2 aromatic rings. The predicted molar refractivity (Wildman–Crippen MR) is 94.9 cm³/mol. The van der Waals surface area contributed by atoms with Crippen molar-refractivity contribution in [3.8, 4) is 0 Å². The summed E-state index contributed by atoms with van der Waals surface area (Å²) in [4.78, 5) is 24.6. The van der Waals surface area contributed by atoms with Crippen molar-refractivity contribution in [1.82, 2.24) is 0 Å². The minimum absolute atomic E-state index is 0.0485. The largest absolute Gasteiger partial charge is 0.451 e. The maximum atomic E-state index is 12.3. The van der Waals surface area contributed by atoms with Crippen LogP contribution >= 0.6 is 11.6 Å². The molecule has 0 radical (unpaired) electrons. The highest BCUT2D eigenvalue weighted by atomic mass is 35.5. The van der Waals surface area contributed by atoms with Gasteiger partial charge in [0.25, 0.3) is 0 Å². The van der Waals surface area contributed by atoms with Crippen molar-refractivity contribution in [3.63, 3.8) is 0 Å². The fourth-order valence-electron chi connectivity index (χ4n) is 2.12. The third kappa shape index (κ3) is 4.67. The van der Waals surface area contributed by atoms with Crippen molar-refractivity contribution in [2.45, 2.75) is 24.8 Å². The van der Waals surface area contributed by atoms with Crippen LogP contribution in [0.3, 0.4) is 0 Å². The predicted octanol–water partition coefficient (Wildman–Crippen LogP) is 3.48. The van der Waals surface area contributed by atoms with E-state index in [-0.39, 0.29) is 21.3 Å². The quantitative estimate of drug-likeness (QED) is 0.586. The molecule has 132 valence electrons. The minimum Gasteiger partial charge on any atom is -0.451 e.